The van der Waals surface area contributed by atoms with E-state index in [9.17, 15) is 9.59 Å². The number of hydrogen-bond donors (Lipinski definition) is 3. The topological polar surface area (TPSA) is 92.4 Å². The molecule has 4 aromatic rings. The Hall–Kier alpha value is -3.91. The molecule has 1 aliphatic rings. The number of nitrogens with one attached hydrogen (secondary N) is 3. The standard InChI is InChI=1S/C26H24N4O3S/c1-14-4-10-20-23(12-14)34-26(30-20)17-5-7-18(8-6-17)28-24(31)15(2)27-19-9-11-22-21(13-19)29-25(32)16(3)33-22/h4-13,15-16,27H,1-3H3,(H,28,31)(H,29,32)/t15-,16+/m1/s1. The Bertz CT molecular complexity index is 1400. The van der Waals surface area contributed by atoms with Crippen molar-refractivity contribution in [2.45, 2.75) is 32.9 Å². The highest BCUT2D eigenvalue weighted by atomic mass is 32.1. The Morgan fingerprint density at radius 2 is 1.85 bits per heavy atom. The van der Waals surface area contributed by atoms with Gasteiger partial charge < -0.3 is 20.7 Å². The summed E-state index contributed by atoms with van der Waals surface area (Å²) < 4.78 is 6.73. The van der Waals surface area contributed by atoms with E-state index < -0.39 is 12.1 Å². The van der Waals surface area contributed by atoms with Crippen LogP contribution in [0, 0.1) is 6.92 Å². The molecule has 0 saturated carbocycles. The van der Waals surface area contributed by atoms with Crippen molar-refractivity contribution in [3.8, 4) is 16.3 Å². The van der Waals surface area contributed by atoms with Crippen LogP contribution >= 0.6 is 11.3 Å². The van der Waals surface area contributed by atoms with Gasteiger partial charge in [0.15, 0.2) is 6.10 Å². The van der Waals surface area contributed by atoms with Crippen LogP contribution < -0.4 is 20.7 Å². The zero-order chi connectivity index (χ0) is 23.8. The van der Waals surface area contributed by atoms with Gasteiger partial charge in [-0.2, -0.15) is 0 Å². The van der Waals surface area contributed by atoms with Gasteiger partial charge in [-0.05, 0) is 80.9 Å². The van der Waals surface area contributed by atoms with Crippen LogP contribution in [-0.2, 0) is 9.59 Å². The van der Waals surface area contributed by atoms with E-state index in [1.54, 1.807) is 37.3 Å². The van der Waals surface area contributed by atoms with Crippen molar-refractivity contribution in [2.75, 3.05) is 16.0 Å². The summed E-state index contributed by atoms with van der Waals surface area (Å²) in [6, 6.07) is 18.8. The van der Waals surface area contributed by atoms with Crippen LogP contribution in [0.15, 0.2) is 60.7 Å². The van der Waals surface area contributed by atoms with Crippen molar-refractivity contribution < 1.29 is 14.3 Å². The van der Waals surface area contributed by atoms with E-state index in [1.807, 2.05) is 36.4 Å². The fraction of sp³-hybridized carbons (Fsp3) is 0.192. The number of ether oxygens (including phenoxy) is 1. The van der Waals surface area contributed by atoms with Crippen molar-refractivity contribution >= 4 is 50.4 Å². The second-order valence-corrected chi connectivity index (χ2v) is 9.41. The number of benzene rings is 3. The van der Waals surface area contributed by atoms with Crippen LogP contribution in [0.3, 0.4) is 0 Å². The van der Waals surface area contributed by atoms with Crippen molar-refractivity contribution in [3.63, 3.8) is 0 Å². The molecule has 0 aliphatic carbocycles. The lowest BCUT2D eigenvalue weighted by Crippen LogP contribution is -2.34. The highest BCUT2D eigenvalue weighted by Crippen LogP contribution is 2.33. The molecule has 2 atom stereocenters. The Morgan fingerprint density at radius 1 is 1.09 bits per heavy atom. The maximum atomic E-state index is 12.7. The van der Waals surface area contributed by atoms with Crippen molar-refractivity contribution in [1.82, 2.24) is 4.98 Å². The summed E-state index contributed by atoms with van der Waals surface area (Å²) in [5, 5.41) is 9.87. The third kappa shape index (κ3) is 4.45. The van der Waals surface area contributed by atoms with Gasteiger partial charge in [-0.1, -0.05) is 6.07 Å². The van der Waals surface area contributed by atoms with Crippen molar-refractivity contribution in [1.29, 1.82) is 0 Å². The van der Waals surface area contributed by atoms with E-state index in [1.165, 1.54) is 5.56 Å². The summed E-state index contributed by atoms with van der Waals surface area (Å²) in [6.45, 7) is 5.55. The molecule has 3 aromatic carbocycles. The molecule has 0 bridgehead atoms. The van der Waals surface area contributed by atoms with E-state index in [0.717, 1.165) is 20.8 Å². The van der Waals surface area contributed by atoms with Gasteiger partial charge in [0.25, 0.3) is 5.91 Å². The van der Waals surface area contributed by atoms with Crippen LogP contribution in [0.4, 0.5) is 17.1 Å². The molecule has 2 amide bonds. The summed E-state index contributed by atoms with van der Waals surface area (Å²) in [4.78, 5) is 29.3. The summed E-state index contributed by atoms with van der Waals surface area (Å²) >= 11 is 1.66. The zero-order valence-electron chi connectivity index (χ0n) is 19.0. The highest BCUT2D eigenvalue weighted by Gasteiger charge is 2.24. The van der Waals surface area contributed by atoms with E-state index in [0.29, 0.717) is 22.8 Å². The largest absolute Gasteiger partial charge is 0.479 e. The third-order valence-corrected chi connectivity index (χ3v) is 6.70. The molecule has 7 nitrogen and oxygen atoms in total. The number of fused-ring (bicyclic) bond motifs is 2. The molecular weight excluding hydrogens is 448 g/mol. The maximum Gasteiger partial charge on any atom is 0.265 e. The Kier molecular flexibility index (Phi) is 5.67. The SMILES string of the molecule is Cc1ccc2nc(-c3ccc(NC(=O)[C@@H](C)Nc4ccc5c(c4)NC(=O)[C@H](C)O5)cc3)sc2c1. The van der Waals surface area contributed by atoms with E-state index >= 15 is 0 Å². The minimum absolute atomic E-state index is 0.171. The summed E-state index contributed by atoms with van der Waals surface area (Å²) in [5.74, 6) is 0.243. The van der Waals surface area contributed by atoms with Gasteiger partial charge >= 0.3 is 0 Å². The zero-order valence-corrected chi connectivity index (χ0v) is 19.8. The first-order valence-electron chi connectivity index (χ1n) is 11.0. The van der Waals surface area contributed by atoms with Crippen LogP contribution in [0.25, 0.3) is 20.8 Å². The molecule has 8 heteroatoms. The summed E-state index contributed by atoms with van der Waals surface area (Å²) in [5.41, 5.74) is 5.22. The van der Waals surface area contributed by atoms with Gasteiger partial charge in [0, 0.05) is 16.9 Å². The number of amides is 2. The number of thiazole rings is 1. The summed E-state index contributed by atoms with van der Waals surface area (Å²) in [7, 11) is 0. The molecule has 0 saturated heterocycles. The molecule has 0 fully saturated rings. The molecule has 3 N–H and O–H groups in total. The fourth-order valence-electron chi connectivity index (χ4n) is 3.72. The normalized spacial score (nSPS) is 15.7. The number of nitrogens with zero attached hydrogens (tertiary/aromatic N) is 1. The number of anilines is 3. The second kappa shape index (κ2) is 8.79. The molecule has 1 aromatic heterocycles. The first kappa shape index (κ1) is 21.9. The number of aromatic nitrogens is 1. The lowest BCUT2D eigenvalue weighted by molar-refractivity contribution is -0.122. The average Bonchev–Trinajstić information content (AvgIpc) is 3.23. The molecule has 0 unspecified atom stereocenters. The maximum absolute atomic E-state index is 12.7. The molecule has 2 heterocycles. The molecule has 5 rings (SSSR count). The van der Waals surface area contributed by atoms with Gasteiger partial charge in [0.2, 0.25) is 5.91 Å². The first-order chi connectivity index (χ1) is 16.4. The second-order valence-electron chi connectivity index (χ2n) is 8.38. The molecule has 0 radical (unpaired) electrons. The third-order valence-electron chi connectivity index (χ3n) is 5.63. The molecular formula is C26H24N4O3S. The number of hydrogen-bond acceptors (Lipinski definition) is 6. The smallest absolute Gasteiger partial charge is 0.265 e. The average molecular weight is 473 g/mol. The van der Waals surface area contributed by atoms with Gasteiger partial charge in [0.05, 0.1) is 15.9 Å². The minimum atomic E-state index is -0.527. The molecule has 34 heavy (non-hydrogen) atoms. The van der Waals surface area contributed by atoms with Gasteiger partial charge in [-0.15, -0.1) is 11.3 Å². The van der Waals surface area contributed by atoms with Crippen LogP contribution in [-0.4, -0.2) is 28.9 Å². The Morgan fingerprint density at radius 3 is 2.65 bits per heavy atom. The lowest BCUT2D eigenvalue weighted by atomic mass is 10.2. The van der Waals surface area contributed by atoms with Gasteiger partial charge in [-0.25, -0.2) is 4.98 Å². The quantitative estimate of drug-likeness (QED) is 0.360. The number of carbonyl (C=O) groups excluding carboxylic acids is 2. The Labute approximate surface area is 201 Å². The molecule has 172 valence electrons. The van der Waals surface area contributed by atoms with Crippen molar-refractivity contribution in [3.05, 3.63) is 66.2 Å². The number of carbonyl (C=O) groups is 2. The lowest BCUT2D eigenvalue weighted by Gasteiger charge is -2.24. The highest BCUT2D eigenvalue weighted by molar-refractivity contribution is 7.21. The van der Waals surface area contributed by atoms with Crippen LogP contribution in [0.2, 0.25) is 0 Å². The predicted octanol–water partition coefficient (Wildman–Crippen LogP) is 5.43. The van der Waals surface area contributed by atoms with Crippen LogP contribution in [0.5, 0.6) is 5.75 Å². The number of aryl methyl sites for hydroxylation is 1. The molecule has 0 spiro atoms. The van der Waals surface area contributed by atoms with Gasteiger partial charge in [-0.3, -0.25) is 9.59 Å². The van der Waals surface area contributed by atoms with Crippen LogP contribution in [0.1, 0.15) is 19.4 Å². The Balaban J connectivity index is 1.23. The predicted molar refractivity (Wildman–Crippen MR) is 137 cm³/mol. The fourth-order valence-corrected chi connectivity index (χ4v) is 4.79. The monoisotopic (exact) mass is 472 g/mol. The van der Waals surface area contributed by atoms with E-state index in [-0.39, 0.29) is 11.8 Å². The summed E-state index contributed by atoms with van der Waals surface area (Å²) in [6.07, 6.45) is -0.527. The molecule has 1 aliphatic heterocycles. The minimum Gasteiger partial charge on any atom is -0.479 e. The first-order valence-corrected chi connectivity index (χ1v) is 11.8. The van der Waals surface area contributed by atoms with E-state index in [2.05, 4.69) is 35.0 Å². The number of rotatable bonds is 5. The van der Waals surface area contributed by atoms with E-state index in [4.69, 9.17) is 9.72 Å². The van der Waals surface area contributed by atoms with Gasteiger partial charge in [0.1, 0.15) is 16.8 Å². The van der Waals surface area contributed by atoms with Crippen molar-refractivity contribution in [2.24, 2.45) is 0 Å².